The highest BCUT2D eigenvalue weighted by molar-refractivity contribution is 5.62. The Morgan fingerprint density at radius 3 is 2.61 bits per heavy atom. The number of benzene rings is 1. The summed E-state index contributed by atoms with van der Waals surface area (Å²) in [5.74, 6) is 1.76. The van der Waals surface area contributed by atoms with E-state index in [4.69, 9.17) is 9.47 Å². The number of nitrogens with zero attached hydrogens (tertiary/aromatic N) is 1. The zero-order valence-electron chi connectivity index (χ0n) is 11.6. The van der Waals surface area contributed by atoms with Gasteiger partial charge in [0, 0.05) is 24.7 Å². The zero-order chi connectivity index (χ0) is 13.2. The lowest BCUT2D eigenvalue weighted by Crippen LogP contribution is -2.42. The number of methoxy groups -OCH3 is 2. The Morgan fingerprint density at radius 1 is 1.28 bits per heavy atom. The van der Waals surface area contributed by atoms with E-state index in [1.807, 2.05) is 25.2 Å². The van der Waals surface area contributed by atoms with Gasteiger partial charge in [-0.15, -0.1) is 0 Å². The van der Waals surface area contributed by atoms with Crippen LogP contribution in [-0.4, -0.2) is 39.9 Å². The molecule has 0 aliphatic carbocycles. The molecule has 0 spiro atoms. The standard InChI is InChI=1S/C14H22N2O2/c1-14(15-2)7-8-16(10-14)12-9-11(17-3)5-6-13(12)18-4/h5-6,9,15H,7-8,10H2,1-4H3. The van der Waals surface area contributed by atoms with E-state index < -0.39 is 0 Å². The summed E-state index contributed by atoms with van der Waals surface area (Å²) in [6, 6.07) is 5.93. The molecule has 4 heteroatoms. The van der Waals surface area contributed by atoms with Crippen LogP contribution in [0.3, 0.4) is 0 Å². The van der Waals surface area contributed by atoms with Crippen LogP contribution in [0.15, 0.2) is 18.2 Å². The number of likely N-dealkylation sites (N-methyl/N-ethyl adjacent to an activating group) is 1. The summed E-state index contributed by atoms with van der Waals surface area (Å²) >= 11 is 0. The van der Waals surface area contributed by atoms with Crippen LogP contribution in [0.4, 0.5) is 5.69 Å². The van der Waals surface area contributed by atoms with Gasteiger partial charge in [0.25, 0.3) is 0 Å². The molecule has 0 radical (unpaired) electrons. The largest absolute Gasteiger partial charge is 0.497 e. The summed E-state index contributed by atoms with van der Waals surface area (Å²) in [6.45, 7) is 4.26. The molecule has 18 heavy (non-hydrogen) atoms. The van der Waals surface area contributed by atoms with Gasteiger partial charge in [-0.25, -0.2) is 0 Å². The molecule has 1 heterocycles. The molecule has 1 aromatic rings. The molecule has 1 unspecified atom stereocenters. The molecule has 0 bridgehead atoms. The quantitative estimate of drug-likeness (QED) is 0.885. The number of hydrogen-bond acceptors (Lipinski definition) is 4. The highest BCUT2D eigenvalue weighted by atomic mass is 16.5. The van der Waals surface area contributed by atoms with Gasteiger partial charge in [-0.3, -0.25) is 0 Å². The Kier molecular flexibility index (Phi) is 3.66. The van der Waals surface area contributed by atoms with Crippen molar-refractivity contribution in [3.63, 3.8) is 0 Å². The minimum Gasteiger partial charge on any atom is -0.497 e. The predicted octanol–water partition coefficient (Wildman–Crippen LogP) is 1.89. The van der Waals surface area contributed by atoms with Crippen LogP contribution in [0.2, 0.25) is 0 Å². The van der Waals surface area contributed by atoms with Crippen molar-refractivity contribution < 1.29 is 9.47 Å². The Labute approximate surface area is 109 Å². The first-order valence-corrected chi connectivity index (χ1v) is 6.28. The molecular formula is C14H22N2O2. The minimum atomic E-state index is 0.175. The average molecular weight is 250 g/mol. The van der Waals surface area contributed by atoms with E-state index >= 15 is 0 Å². The van der Waals surface area contributed by atoms with Gasteiger partial charge in [0.05, 0.1) is 19.9 Å². The lowest BCUT2D eigenvalue weighted by atomic mass is 10.0. The maximum Gasteiger partial charge on any atom is 0.142 e. The molecule has 1 fully saturated rings. The fourth-order valence-corrected chi connectivity index (χ4v) is 2.41. The van der Waals surface area contributed by atoms with E-state index in [0.29, 0.717) is 0 Å². The Morgan fingerprint density at radius 2 is 2.06 bits per heavy atom. The number of anilines is 1. The summed E-state index contributed by atoms with van der Waals surface area (Å²) < 4.78 is 10.7. The first-order chi connectivity index (χ1) is 8.61. The smallest absolute Gasteiger partial charge is 0.142 e. The number of nitrogens with one attached hydrogen (secondary N) is 1. The summed E-state index contributed by atoms with van der Waals surface area (Å²) in [5, 5.41) is 3.39. The predicted molar refractivity (Wildman–Crippen MR) is 73.8 cm³/mol. The second kappa shape index (κ2) is 5.06. The van der Waals surface area contributed by atoms with E-state index in [2.05, 4.69) is 17.1 Å². The Hall–Kier alpha value is -1.42. The minimum absolute atomic E-state index is 0.175. The van der Waals surface area contributed by atoms with Gasteiger partial charge in [0.15, 0.2) is 0 Å². The lowest BCUT2D eigenvalue weighted by molar-refractivity contribution is 0.402. The summed E-state index contributed by atoms with van der Waals surface area (Å²) in [7, 11) is 5.41. The fraction of sp³-hybridized carbons (Fsp3) is 0.571. The van der Waals surface area contributed by atoms with Crippen molar-refractivity contribution >= 4 is 5.69 Å². The van der Waals surface area contributed by atoms with E-state index in [-0.39, 0.29) is 5.54 Å². The van der Waals surface area contributed by atoms with Crippen LogP contribution in [-0.2, 0) is 0 Å². The third-order valence-electron chi connectivity index (χ3n) is 3.80. The van der Waals surface area contributed by atoms with Gasteiger partial charge in [0.2, 0.25) is 0 Å². The second-order valence-electron chi connectivity index (χ2n) is 5.02. The van der Waals surface area contributed by atoms with E-state index in [1.54, 1.807) is 14.2 Å². The molecule has 0 saturated carbocycles. The fourth-order valence-electron chi connectivity index (χ4n) is 2.41. The molecule has 1 aromatic carbocycles. The van der Waals surface area contributed by atoms with Crippen molar-refractivity contribution in [3.8, 4) is 11.5 Å². The van der Waals surface area contributed by atoms with E-state index in [9.17, 15) is 0 Å². The SMILES string of the molecule is CNC1(C)CCN(c2cc(OC)ccc2OC)C1. The van der Waals surface area contributed by atoms with Gasteiger partial charge < -0.3 is 19.7 Å². The Balaban J connectivity index is 2.27. The maximum absolute atomic E-state index is 5.44. The second-order valence-corrected chi connectivity index (χ2v) is 5.02. The number of ether oxygens (including phenoxy) is 2. The van der Waals surface area contributed by atoms with Gasteiger partial charge in [-0.2, -0.15) is 0 Å². The molecule has 100 valence electrons. The lowest BCUT2D eigenvalue weighted by Gasteiger charge is -2.26. The van der Waals surface area contributed by atoms with Crippen LogP contribution >= 0.6 is 0 Å². The molecular weight excluding hydrogens is 228 g/mol. The van der Waals surface area contributed by atoms with Gasteiger partial charge in [-0.1, -0.05) is 0 Å². The van der Waals surface area contributed by atoms with Crippen LogP contribution in [0.1, 0.15) is 13.3 Å². The number of hydrogen-bond donors (Lipinski definition) is 1. The molecule has 1 atom stereocenters. The molecule has 1 aliphatic heterocycles. The van der Waals surface area contributed by atoms with Crippen molar-refractivity contribution in [2.45, 2.75) is 18.9 Å². The highest BCUT2D eigenvalue weighted by Gasteiger charge is 2.33. The molecule has 0 aromatic heterocycles. The molecule has 0 amide bonds. The maximum atomic E-state index is 5.44. The molecule has 2 rings (SSSR count). The van der Waals surface area contributed by atoms with E-state index in [0.717, 1.165) is 36.7 Å². The monoisotopic (exact) mass is 250 g/mol. The summed E-state index contributed by atoms with van der Waals surface area (Å²) in [4.78, 5) is 2.35. The first-order valence-electron chi connectivity index (χ1n) is 6.28. The number of rotatable bonds is 4. The van der Waals surface area contributed by atoms with Crippen molar-refractivity contribution in [3.05, 3.63) is 18.2 Å². The third-order valence-corrected chi connectivity index (χ3v) is 3.80. The average Bonchev–Trinajstić information content (AvgIpc) is 2.81. The molecule has 1 N–H and O–H groups in total. The molecule has 1 saturated heterocycles. The molecule has 1 aliphatic rings. The Bertz CT molecular complexity index is 422. The normalized spacial score (nSPS) is 23.2. The van der Waals surface area contributed by atoms with Crippen LogP contribution < -0.4 is 19.7 Å². The van der Waals surface area contributed by atoms with Crippen LogP contribution in [0, 0.1) is 0 Å². The van der Waals surface area contributed by atoms with Crippen LogP contribution in [0.25, 0.3) is 0 Å². The van der Waals surface area contributed by atoms with Gasteiger partial charge in [0.1, 0.15) is 11.5 Å². The van der Waals surface area contributed by atoms with Gasteiger partial charge in [-0.05, 0) is 32.5 Å². The highest BCUT2D eigenvalue weighted by Crippen LogP contribution is 2.36. The zero-order valence-corrected chi connectivity index (χ0v) is 11.6. The van der Waals surface area contributed by atoms with Crippen molar-refractivity contribution in [2.75, 3.05) is 39.3 Å². The van der Waals surface area contributed by atoms with Gasteiger partial charge >= 0.3 is 0 Å². The van der Waals surface area contributed by atoms with Crippen LogP contribution in [0.5, 0.6) is 11.5 Å². The van der Waals surface area contributed by atoms with Crippen molar-refractivity contribution in [2.24, 2.45) is 0 Å². The van der Waals surface area contributed by atoms with Crippen molar-refractivity contribution in [1.82, 2.24) is 5.32 Å². The first kappa shape index (κ1) is 13.0. The summed E-state index contributed by atoms with van der Waals surface area (Å²) in [6.07, 6.45) is 1.13. The molecule has 4 nitrogen and oxygen atoms in total. The third kappa shape index (κ3) is 2.38. The van der Waals surface area contributed by atoms with Crippen molar-refractivity contribution in [1.29, 1.82) is 0 Å². The summed E-state index contributed by atoms with van der Waals surface area (Å²) in [5.41, 5.74) is 1.28. The topological polar surface area (TPSA) is 33.7 Å². The van der Waals surface area contributed by atoms with E-state index in [1.165, 1.54) is 0 Å².